The molecule has 1 saturated heterocycles. The van der Waals surface area contributed by atoms with E-state index in [-0.39, 0.29) is 23.0 Å². The predicted molar refractivity (Wildman–Crippen MR) is 124 cm³/mol. The van der Waals surface area contributed by atoms with Gasteiger partial charge in [0.25, 0.3) is 0 Å². The molecule has 2 aliphatic rings. The number of carbonyl (C=O) groups is 2. The van der Waals surface area contributed by atoms with Crippen molar-refractivity contribution in [3.8, 4) is 0 Å². The summed E-state index contributed by atoms with van der Waals surface area (Å²) in [4.78, 5) is 38.3. The third-order valence-electron chi connectivity index (χ3n) is 6.22. The van der Waals surface area contributed by atoms with Crippen molar-refractivity contribution in [2.45, 2.75) is 63.3 Å². The zero-order chi connectivity index (χ0) is 22.1. The highest BCUT2D eigenvalue weighted by atomic mass is 32.2. The molecule has 1 aliphatic heterocycles. The molecule has 3 heterocycles. The molecule has 7 nitrogen and oxygen atoms in total. The first-order chi connectivity index (χ1) is 14.9. The number of esters is 1. The van der Waals surface area contributed by atoms with E-state index in [9.17, 15) is 9.59 Å². The topological polar surface area (TPSA) is 98.4 Å². The van der Waals surface area contributed by atoms with Gasteiger partial charge < -0.3 is 15.4 Å². The molecular weight excluding hydrogens is 432 g/mol. The van der Waals surface area contributed by atoms with Crippen LogP contribution in [0.4, 0.5) is 5.82 Å². The third-order valence-corrected chi connectivity index (χ3v) is 8.32. The molecule has 1 amide bonds. The molecule has 2 atom stereocenters. The standard InChI is InChI=1S/C22H30N4O3S2/c1-4-29-21(28)14-7-9-26(10-8-14)20(27)13(3)30-22-24-18(23)17-15-6-5-12(2)11-16(15)31-19(17)25-22/h12-14H,4-11H2,1-3H3,(H2,23,24,25). The number of nitrogens with two attached hydrogens (primary N) is 1. The van der Waals surface area contributed by atoms with E-state index >= 15 is 0 Å². The SMILES string of the molecule is CCOC(=O)C1CCN(C(=O)C(C)Sc2nc(N)c3c4c(sc3n2)CC(C)CC4)CC1. The van der Waals surface area contributed by atoms with Crippen molar-refractivity contribution in [2.24, 2.45) is 11.8 Å². The van der Waals surface area contributed by atoms with Gasteiger partial charge in [-0.25, -0.2) is 9.97 Å². The zero-order valence-electron chi connectivity index (χ0n) is 18.3. The van der Waals surface area contributed by atoms with Gasteiger partial charge in [-0.2, -0.15) is 0 Å². The highest BCUT2D eigenvalue weighted by Gasteiger charge is 2.31. The lowest BCUT2D eigenvalue weighted by molar-refractivity contribution is -0.151. The number of hydrogen-bond acceptors (Lipinski definition) is 8. The lowest BCUT2D eigenvalue weighted by Gasteiger charge is -2.32. The zero-order valence-corrected chi connectivity index (χ0v) is 20.0. The van der Waals surface area contributed by atoms with Crippen LogP contribution >= 0.6 is 23.1 Å². The summed E-state index contributed by atoms with van der Waals surface area (Å²) in [6.45, 7) is 7.52. The summed E-state index contributed by atoms with van der Waals surface area (Å²) in [5.74, 6) is 1.00. The van der Waals surface area contributed by atoms with Crippen LogP contribution in [0.25, 0.3) is 10.2 Å². The van der Waals surface area contributed by atoms with Gasteiger partial charge in [-0.1, -0.05) is 18.7 Å². The Labute approximate surface area is 191 Å². The van der Waals surface area contributed by atoms with Crippen LogP contribution in [0.15, 0.2) is 5.16 Å². The van der Waals surface area contributed by atoms with Gasteiger partial charge in [-0.15, -0.1) is 11.3 Å². The van der Waals surface area contributed by atoms with Gasteiger partial charge in [-0.05, 0) is 57.4 Å². The van der Waals surface area contributed by atoms with Crippen molar-refractivity contribution in [1.29, 1.82) is 0 Å². The predicted octanol–water partition coefficient (Wildman–Crippen LogP) is 3.68. The van der Waals surface area contributed by atoms with Gasteiger partial charge in [0.05, 0.1) is 23.2 Å². The minimum Gasteiger partial charge on any atom is -0.466 e. The van der Waals surface area contributed by atoms with Crippen molar-refractivity contribution in [3.05, 3.63) is 10.4 Å². The second-order valence-corrected chi connectivity index (χ2v) is 10.9. The number of anilines is 1. The average molecular weight is 463 g/mol. The fraction of sp³-hybridized carbons (Fsp3) is 0.636. The number of fused-ring (bicyclic) bond motifs is 3. The van der Waals surface area contributed by atoms with Crippen molar-refractivity contribution < 1.29 is 14.3 Å². The molecule has 31 heavy (non-hydrogen) atoms. The van der Waals surface area contributed by atoms with Gasteiger partial charge >= 0.3 is 5.97 Å². The van der Waals surface area contributed by atoms with Crippen LogP contribution < -0.4 is 5.73 Å². The first kappa shape index (κ1) is 22.3. The van der Waals surface area contributed by atoms with Crippen LogP contribution in [0.5, 0.6) is 0 Å². The minimum atomic E-state index is -0.314. The maximum Gasteiger partial charge on any atom is 0.309 e. The summed E-state index contributed by atoms with van der Waals surface area (Å²) in [6, 6.07) is 0. The van der Waals surface area contributed by atoms with Crippen molar-refractivity contribution >= 4 is 51.0 Å². The number of amides is 1. The quantitative estimate of drug-likeness (QED) is 0.411. The molecule has 2 aromatic rings. The van der Waals surface area contributed by atoms with Crippen LogP contribution in [-0.4, -0.2) is 51.7 Å². The molecule has 4 rings (SSSR count). The number of thioether (sulfide) groups is 1. The normalized spacial score (nSPS) is 20.5. The van der Waals surface area contributed by atoms with E-state index in [1.54, 1.807) is 11.3 Å². The van der Waals surface area contributed by atoms with Crippen molar-refractivity contribution in [3.63, 3.8) is 0 Å². The second kappa shape index (κ2) is 9.32. The Morgan fingerprint density at radius 1 is 1.29 bits per heavy atom. The third kappa shape index (κ3) is 4.67. The number of nitrogen functional groups attached to an aromatic ring is 1. The van der Waals surface area contributed by atoms with Crippen LogP contribution in [0.1, 0.15) is 50.5 Å². The molecule has 0 bridgehead atoms. The number of likely N-dealkylation sites (tertiary alicyclic amines) is 1. The molecule has 0 saturated carbocycles. The smallest absolute Gasteiger partial charge is 0.309 e. The molecule has 2 unspecified atom stereocenters. The molecule has 2 N–H and O–H groups in total. The summed E-state index contributed by atoms with van der Waals surface area (Å²) in [7, 11) is 0. The Hall–Kier alpha value is -1.87. The van der Waals surface area contributed by atoms with E-state index < -0.39 is 0 Å². The Morgan fingerprint density at radius 2 is 2.03 bits per heavy atom. The average Bonchev–Trinajstić information content (AvgIpc) is 3.11. The molecule has 0 spiro atoms. The number of aryl methyl sites for hydroxylation is 1. The van der Waals surface area contributed by atoms with E-state index in [0.29, 0.717) is 49.4 Å². The van der Waals surface area contributed by atoms with Crippen LogP contribution in [0.2, 0.25) is 0 Å². The number of piperidine rings is 1. The van der Waals surface area contributed by atoms with Crippen LogP contribution in [0.3, 0.4) is 0 Å². The molecule has 1 aliphatic carbocycles. The number of hydrogen-bond donors (Lipinski definition) is 1. The second-order valence-electron chi connectivity index (χ2n) is 8.54. The van der Waals surface area contributed by atoms with E-state index in [0.717, 1.165) is 23.1 Å². The van der Waals surface area contributed by atoms with Gasteiger partial charge in [0, 0.05) is 18.0 Å². The maximum absolute atomic E-state index is 13.0. The summed E-state index contributed by atoms with van der Waals surface area (Å²) in [6.07, 6.45) is 4.59. The molecule has 168 valence electrons. The Morgan fingerprint density at radius 3 is 2.74 bits per heavy atom. The van der Waals surface area contributed by atoms with E-state index in [1.165, 1.54) is 28.6 Å². The molecule has 2 aromatic heterocycles. The van der Waals surface area contributed by atoms with Gasteiger partial charge in [0.1, 0.15) is 10.6 Å². The Kier molecular flexibility index (Phi) is 6.71. The first-order valence-electron chi connectivity index (χ1n) is 11.1. The van der Waals surface area contributed by atoms with Gasteiger partial charge in [-0.3, -0.25) is 9.59 Å². The number of nitrogens with zero attached hydrogens (tertiary/aromatic N) is 3. The fourth-order valence-corrected chi connectivity index (χ4v) is 6.77. The summed E-state index contributed by atoms with van der Waals surface area (Å²) in [5, 5.41) is 1.25. The van der Waals surface area contributed by atoms with Crippen LogP contribution in [0, 0.1) is 11.8 Å². The maximum atomic E-state index is 13.0. The highest BCUT2D eigenvalue weighted by molar-refractivity contribution is 8.00. The number of ether oxygens (including phenoxy) is 1. The Balaban J connectivity index is 1.42. The Bertz CT molecular complexity index is 985. The monoisotopic (exact) mass is 462 g/mol. The van der Waals surface area contributed by atoms with Gasteiger partial charge in [0.15, 0.2) is 5.16 Å². The van der Waals surface area contributed by atoms with E-state index in [2.05, 4.69) is 11.9 Å². The fourth-order valence-electron chi connectivity index (χ4n) is 4.46. The van der Waals surface area contributed by atoms with Crippen LogP contribution in [-0.2, 0) is 27.2 Å². The first-order valence-corrected chi connectivity index (χ1v) is 12.8. The number of rotatable bonds is 5. The lowest BCUT2D eigenvalue weighted by atomic mass is 9.89. The largest absolute Gasteiger partial charge is 0.466 e. The summed E-state index contributed by atoms with van der Waals surface area (Å²) < 4.78 is 5.11. The summed E-state index contributed by atoms with van der Waals surface area (Å²) >= 11 is 3.08. The lowest BCUT2D eigenvalue weighted by Crippen LogP contribution is -2.43. The van der Waals surface area contributed by atoms with Crippen molar-refractivity contribution in [1.82, 2.24) is 14.9 Å². The van der Waals surface area contributed by atoms with E-state index in [4.69, 9.17) is 15.5 Å². The molecule has 0 radical (unpaired) electrons. The number of thiophene rings is 1. The highest BCUT2D eigenvalue weighted by Crippen LogP contribution is 2.40. The molecule has 1 fully saturated rings. The minimum absolute atomic E-state index is 0.0499. The number of carbonyl (C=O) groups excluding carboxylic acids is 2. The van der Waals surface area contributed by atoms with Crippen molar-refractivity contribution in [2.75, 3.05) is 25.4 Å². The summed E-state index contributed by atoms with van der Waals surface area (Å²) in [5.41, 5.74) is 7.65. The van der Waals surface area contributed by atoms with Gasteiger partial charge in [0.2, 0.25) is 5.91 Å². The molecule has 9 heteroatoms. The number of aromatic nitrogens is 2. The molecule has 0 aromatic carbocycles. The molecular formula is C22H30N4O3S2. The van der Waals surface area contributed by atoms with E-state index in [1.807, 2.05) is 18.7 Å².